The van der Waals surface area contributed by atoms with E-state index in [0.717, 1.165) is 29.5 Å². The molecular formula is C20H29N3O3S. The number of rotatable bonds is 6. The molecule has 7 heteroatoms. The molecule has 0 saturated carbocycles. The largest absolute Gasteiger partial charge is 0.383 e. The SMILES string of the molecule is COCCNC(=O)CCc1nc2sc3c(c2c(=O)[nH]1)CC[C@H](C(C)(C)C)C3. The van der Waals surface area contributed by atoms with Crippen molar-refractivity contribution in [1.82, 2.24) is 15.3 Å². The van der Waals surface area contributed by atoms with E-state index in [9.17, 15) is 9.59 Å². The van der Waals surface area contributed by atoms with E-state index in [1.807, 2.05) is 0 Å². The van der Waals surface area contributed by atoms with Crippen molar-refractivity contribution in [3.8, 4) is 0 Å². The molecule has 3 rings (SSSR count). The van der Waals surface area contributed by atoms with E-state index in [4.69, 9.17) is 4.74 Å². The summed E-state index contributed by atoms with van der Waals surface area (Å²) in [6, 6.07) is 0. The number of H-pyrrole nitrogens is 1. The molecule has 148 valence electrons. The monoisotopic (exact) mass is 391 g/mol. The van der Waals surface area contributed by atoms with Crippen LogP contribution in [-0.2, 0) is 28.8 Å². The van der Waals surface area contributed by atoms with Gasteiger partial charge in [0.15, 0.2) is 0 Å². The van der Waals surface area contributed by atoms with Crippen molar-refractivity contribution in [1.29, 1.82) is 0 Å². The standard InChI is InChI=1S/C20H29N3O3S/c1-20(2,3)12-5-6-13-14(11-12)27-19-17(13)18(25)22-15(23-19)7-8-16(24)21-9-10-26-4/h12H,5-11H2,1-4H3,(H,21,24)(H,22,23,25)/t12-/m0/s1. The lowest BCUT2D eigenvalue weighted by Gasteiger charge is -2.33. The van der Waals surface area contributed by atoms with E-state index in [-0.39, 0.29) is 16.9 Å². The van der Waals surface area contributed by atoms with Crippen LogP contribution in [0.3, 0.4) is 0 Å². The van der Waals surface area contributed by atoms with Crippen molar-refractivity contribution in [2.24, 2.45) is 11.3 Å². The van der Waals surface area contributed by atoms with Crippen LogP contribution in [0.2, 0.25) is 0 Å². The number of fused-ring (bicyclic) bond motifs is 3. The fraction of sp³-hybridized carbons (Fsp3) is 0.650. The molecule has 1 atom stereocenters. The van der Waals surface area contributed by atoms with Gasteiger partial charge in [0.1, 0.15) is 10.7 Å². The minimum absolute atomic E-state index is 0.0618. The molecule has 6 nitrogen and oxygen atoms in total. The van der Waals surface area contributed by atoms with E-state index < -0.39 is 0 Å². The Bertz CT molecular complexity index is 879. The van der Waals surface area contributed by atoms with Gasteiger partial charge in [-0.3, -0.25) is 9.59 Å². The average Bonchev–Trinajstić information content (AvgIpc) is 2.97. The first-order valence-corrected chi connectivity index (χ1v) is 10.4. The van der Waals surface area contributed by atoms with E-state index in [1.54, 1.807) is 18.4 Å². The van der Waals surface area contributed by atoms with Crippen LogP contribution < -0.4 is 10.9 Å². The lowest BCUT2D eigenvalue weighted by atomic mass is 9.72. The minimum Gasteiger partial charge on any atom is -0.383 e. The quantitative estimate of drug-likeness (QED) is 0.742. The van der Waals surface area contributed by atoms with E-state index >= 15 is 0 Å². The molecule has 2 aromatic heterocycles. The molecule has 0 saturated heterocycles. The number of aromatic nitrogens is 2. The normalized spacial score (nSPS) is 17.1. The van der Waals surface area contributed by atoms with Crippen molar-refractivity contribution >= 4 is 27.5 Å². The van der Waals surface area contributed by atoms with Gasteiger partial charge in [-0.15, -0.1) is 11.3 Å². The van der Waals surface area contributed by atoms with Crippen LogP contribution in [-0.4, -0.2) is 36.1 Å². The maximum absolute atomic E-state index is 12.7. The van der Waals surface area contributed by atoms with Crippen LogP contribution in [0.15, 0.2) is 4.79 Å². The first kappa shape index (κ1) is 20.0. The van der Waals surface area contributed by atoms with Crippen molar-refractivity contribution in [3.05, 3.63) is 26.6 Å². The molecule has 0 aromatic carbocycles. The van der Waals surface area contributed by atoms with Gasteiger partial charge in [-0.2, -0.15) is 0 Å². The molecule has 0 fully saturated rings. The van der Waals surface area contributed by atoms with Gasteiger partial charge < -0.3 is 15.0 Å². The predicted octanol–water partition coefficient (Wildman–Crippen LogP) is 2.83. The lowest BCUT2D eigenvalue weighted by Crippen LogP contribution is -2.27. The number of carbonyl (C=O) groups excluding carboxylic acids is 1. The minimum atomic E-state index is -0.0681. The summed E-state index contributed by atoms with van der Waals surface area (Å²) < 4.78 is 4.91. The molecule has 1 aliphatic carbocycles. The van der Waals surface area contributed by atoms with Crippen LogP contribution in [0, 0.1) is 11.3 Å². The van der Waals surface area contributed by atoms with Gasteiger partial charge in [-0.25, -0.2) is 4.98 Å². The number of thiophene rings is 1. The number of aryl methyl sites for hydroxylation is 2. The highest BCUT2D eigenvalue weighted by atomic mass is 32.1. The van der Waals surface area contributed by atoms with E-state index in [0.29, 0.717) is 37.7 Å². The number of hydrogen-bond donors (Lipinski definition) is 2. The number of ether oxygens (including phenoxy) is 1. The van der Waals surface area contributed by atoms with Gasteiger partial charge in [-0.1, -0.05) is 20.8 Å². The molecule has 2 N–H and O–H groups in total. The van der Waals surface area contributed by atoms with Crippen molar-refractivity contribution in [2.75, 3.05) is 20.3 Å². The highest BCUT2D eigenvalue weighted by molar-refractivity contribution is 7.18. The van der Waals surface area contributed by atoms with Gasteiger partial charge in [0.2, 0.25) is 5.91 Å². The van der Waals surface area contributed by atoms with Gasteiger partial charge in [-0.05, 0) is 36.2 Å². The molecule has 2 aromatic rings. The molecule has 1 aliphatic rings. The zero-order valence-electron chi connectivity index (χ0n) is 16.6. The summed E-state index contributed by atoms with van der Waals surface area (Å²) >= 11 is 1.65. The Balaban J connectivity index is 1.76. The summed E-state index contributed by atoms with van der Waals surface area (Å²) in [5.74, 6) is 1.15. The summed E-state index contributed by atoms with van der Waals surface area (Å²) in [5, 5.41) is 3.54. The van der Waals surface area contributed by atoms with Gasteiger partial charge in [0.25, 0.3) is 5.56 Å². The van der Waals surface area contributed by atoms with Crippen LogP contribution >= 0.6 is 11.3 Å². The topological polar surface area (TPSA) is 84.1 Å². The van der Waals surface area contributed by atoms with Crippen LogP contribution in [0.25, 0.3) is 10.2 Å². The number of carbonyl (C=O) groups is 1. The number of nitrogens with one attached hydrogen (secondary N) is 2. The Hall–Kier alpha value is -1.73. The van der Waals surface area contributed by atoms with Crippen LogP contribution in [0.1, 0.15) is 49.9 Å². The van der Waals surface area contributed by atoms with Crippen molar-refractivity contribution < 1.29 is 9.53 Å². The predicted molar refractivity (Wildman–Crippen MR) is 108 cm³/mol. The number of methoxy groups -OCH3 is 1. The number of aromatic amines is 1. The zero-order valence-corrected chi connectivity index (χ0v) is 17.4. The van der Waals surface area contributed by atoms with Crippen LogP contribution in [0.5, 0.6) is 0 Å². The second-order valence-electron chi connectivity index (χ2n) is 8.35. The van der Waals surface area contributed by atoms with E-state index in [1.165, 1.54) is 10.4 Å². The first-order valence-electron chi connectivity index (χ1n) is 9.58. The Morgan fingerprint density at radius 2 is 2.19 bits per heavy atom. The molecule has 0 aliphatic heterocycles. The first-order chi connectivity index (χ1) is 12.8. The summed E-state index contributed by atoms with van der Waals surface area (Å²) in [7, 11) is 1.60. The number of nitrogens with zero attached hydrogens (tertiary/aromatic N) is 1. The fourth-order valence-electron chi connectivity index (χ4n) is 3.70. The van der Waals surface area contributed by atoms with Crippen LogP contribution in [0.4, 0.5) is 0 Å². The highest BCUT2D eigenvalue weighted by Crippen LogP contribution is 2.41. The zero-order chi connectivity index (χ0) is 19.6. The third-order valence-electron chi connectivity index (χ3n) is 5.41. The molecule has 2 heterocycles. The van der Waals surface area contributed by atoms with Gasteiger partial charge in [0, 0.05) is 31.4 Å². The summed E-state index contributed by atoms with van der Waals surface area (Å²) in [5.41, 5.74) is 1.39. The molecule has 0 spiro atoms. The maximum Gasteiger partial charge on any atom is 0.259 e. The Morgan fingerprint density at radius 1 is 1.41 bits per heavy atom. The van der Waals surface area contributed by atoms with Crippen molar-refractivity contribution in [2.45, 2.75) is 52.9 Å². The van der Waals surface area contributed by atoms with Crippen molar-refractivity contribution in [3.63, 3.8) is 0 Å². The molecule has 0 bridgehead atoms. The molecular weight excluding hydrogens is 362 g/mol. The molecule has 27 heavy (non-hydrogen) atoms. The van der Waals surface area contributed by atoms with E-state index in [2.05, 4.69) is 36.1 Å². The summed E-state index contributed by atoms with van der Waals surface area (Å²) in [6.45, 7) is 7.85. The maximum atomic E-state index is 12.7. The lowest BCUT2D eigenvalue weighted by molar-refractivity contribution is -0.121. The second-order valence-corrected chi connectivity index (χ2v) is 9.43. The Morgan fingerprint density at radius 3 is 2.89 bits per heavy atom. The average molecular weight is 392 g/mol. The number of amides is 1. The molecule has 0 unspecified atom stereocenters. The third-order valence-corrected chi connectivity index (χ3v) is 6.56. The smallest absolute Gasteiger partial charge is 0.259 e. The summed E-state index contributed by atoms with van der Waals surface area (Å²) in [4.78, 5) is 34.2. The molecule has 0 radical (unpaired) electrons. The molecule has 1 amide bonds. The Labute approximate surface area is 163 Å². The van der Waals surface area contributed by atoms with Gasteiger partial charge >= 0.3 is 0 Å². The summed E-state index contributed by atoms with van der Waals surface area (Å²) in [6.07, 6.45) is 3.82. The third kappa shape index (κ3) is 4.58. The highest BCUT2D eigenvalue weighted by Gasteiger charge is 2.31. The Kier molecular flexibility index (Phi) is 6.01. The second kappa shape index (κ2) is 8.10. The fourth-order valence-corrected chi connectivity index (χ4v) is 5.02. The number of hydrogen-bond acceptors (Lipinski definition) is 5. The van der Waals surface area contributed by atoms with Gasteiger partial charge in [0.05, 0.1) is 12.0 Å².